The van der Waals surface area contributed by atoms with Gasteiger partial charge in [-0.25, -0.2) is 23.2 Å². The Labute approximate surface area is 174 Å². The molecule has 0 N–H and O–H groups in total. The van der Waals surface area contributed by atoms with E-state index in [0.29, 0.717) is 0 Å². The van der Waals surface area contributed by atoms with E-state index in [1.165, 1.54) is 102 Å². The van der Waals surface area contributed by atoms with E-state index in [2.05, 4.69) is 42.9 Å². The molecular formula is C22H40ClNO4. The highest BCUT2D eigenvalue weighted by Gasteiger charge is 1.99. The number of rotatable bonds is 15. The van der Waals surface area contributed by atoms with Gasteiger partial charge in [-0.3, -0.25) is 0 Å². The van der Waals surface area contributed by atoms with E-state index >= 15 is 0 Å². The molecule has 0 atom stereocenters. The summed E-state index contributed by atoms with van der Waals surface area (Å²) >= 11 is 0. The maximum atomic E-state index is 8.49. The number of nitrogens with zero attached hydrogens (tertiary/aromatic N) is 1. The molecule has 1 heterocycles. The summed E-state index contributed by atoms with van der Waals surface area (Å²) in [4.78, 5) is 0. The van der Waals surface area contributed by atoms with Crippen molar-refractivity contribution in [3.05, 3.63) is 30.1 Å². The van der Waals surface area contributed by atoms with Crippen LogP contribution >= 0.6 is 0 Å². The lowest BCUT2D eigenvalue weighted by Gasteiger charge is -2.17. The molecule has 164 valence electrons. The Kier molecular flexibility index (Phi) is 17.8. The molecule has 0 fully saturated rings. The largest absolute Gasteiger partial charge is 0.222 e. The third kappa shape index (κ3) is 23.3. The molecule has 5 nitrogen and oxygen atoms in total. The topological polar surface area (TPSA) is 96.1 Å². The predicted octanol–water partition coefficient (Wildman–Crippen LogP) is 2.01. The molecule has 1 rings (SSSR count). The molecule has 0 aliphatic rings. The molecule has 28 heavy (non-hydrogen) atoms. The second-order valence-corrected chi connectivity index (χ2v) is 8.34. The molecule has 0 aromatic carbocycles. The maximum absolute atomic E-state index is 8.49. The minimum atomic E-state index is -4.94. The van der Waals surface area contributed by atoms with Crippen molar-refractivity contribution in [1.82, 2.24) is 0 Å². The monoisotopic (exact) mass is 417 g/mol. The van der Waals surface area contributed by atoms with Crippen LogP contribution in [0.2, 0.25) is 0 Å². The van der Waals surface area contributed by atoms with Crippen molar-refractivity contribution in [2.45, 2.75) is 110 Å². The van der Waals surface area contributed by atoms with Gasteiger partial charge in [0.2, 0.25) is 0 Å². The van der Waals surface area contributed by atoms with Gasteiger partial charge in [-0.1, -0.05) is 84.0 Å². The number of aromatic nitrogens is 1. The quantitative estimate of drug-likeness (QED) is 0.322. The van der Waals surface area contributed by atoms with Crippen LogP contribution < -0.4 is 23.2 Å². The van der Waals surface area contributed by atoms with Crippen molar-refractivity contribution in [2.24, 2.45) is 0 Å². The van der Waals surface area contributed by atoms with Gasteiger partial charge in [-0.05, 0) is 18.9 Å². The van der Waals surface area contributed by atoms with Gasteiger partial charge < -0.3 is 0 Å². The third-order valence-electron chi connectivity index (χ3n) is 4.83. The van der Waals surface area contributed by atoms with Gasteiger partial charge in [0.05, 0.1) is 0 Å². The highest BCUT2D eigenvalue weighted by atomic mass is 35.7. The molecule has 0 saturated heterocycles. The Bertz CT molecular complexity index is 443. The lowest BCUT2D eigenvalue weighted by Crippen LogP contribution is -2.68. The van der Waals surface area contributed by atoms with Crippen LogP contribution in [0.1, 0.15) is 102 Å². The van der Waals surface area contributed by atoms with E-state index < -0.39 is 10.2 Å². The average Bonchev–Trinajstić information content (AvgIpc) is 2.62. The molecule has 0 spiro atoms. The zero-order valence-electron chi connectivity index (χ0n) is 17.9. The summed E-state index contributed by atoms with van der Waals surface area (Å²) < 4.78 is 36.3. The molecule has 0 bridgehead atoms. The lowest BCUT2D eigenvalue weighted by atomic mass is 10.0. The van der Waals surface area contributed by atoms with Gasteiger partial charge in [0.25, 0.3) is 0 Å². The van der Waals surface area contributed by atoms with Crippen molar-refractivity contribution < 1.29 is 33.4 Å². The minimum Gasteiger partial charge on any atom is -0.222 e. The average molecular weight is 418 g/mol. The molecule has 0 aliphatic heterocycles. The van der Waals surface area contributed by atoms with Gasteiger partial charge in [-0.2, -0.15) is 0 Å². The van der Waals surface area contributed by atoms with Gasteiger partial charge >= 0.3 is 0 Å². The molecule has 1 aromatic heterocycles. The van der Waals surface area contributed by atoms with Crippen LogP contribution in [-0.4, -0.2) is 0 Å². The number of hydrogen-bond donors (Lipinski definition) is 0. The summed E-state index contributed by atoms with van der Waals surface area (Å²) in [7, 11) is -4.94. The van der Waals surface area contributed by atoms with Crippen molar-refractivity contribution >= 4 is 0 Å². The summed E-state index contributed by atoms with van der Waals surface area (Å²) in [5.41, 5.74) is 1.35. The molecule has 0 amide bonds. The van der Waals surface area contributed by atoms with Crippen LogP contribution in [0.4, 0.5) is 0 Å². The number of hydrogen-bond acceptors (Lipinski definition) is 4. The lowest BCUT2D eigenvalue weighted by molar-refractivity contribution is -2.00. The molecule has 0 radical (unpaired) electrons. The first kappa shape index (κ1) is 27.3. The van der Waals surface area contributed by atoms with Crippen LogP contribution in [0.3, 0.4) is 0 Å². The van der Waals surface area contributed by atoms with Crippen molar-refractivity contribution in [3.63, 3.8) is 0 Å². The van der Waals surface area contributed by atoms with E-state index in [9.17, 15) is 0 Å². The van der Waals surface area contributed by atoms with E-state index in [4.69, 9.17) is 18.6 Å². The Morgan fingerprint density at radius 3 is 1.32 bits per heavy atom. The Morgan fingerprint density at radius 1 is 0.643 bits per heavy atom. The fourth-order valence-electron chi connectivity index (χ4n) is 3.17. The van der Waals surface area contributed by atoms with Crippen molar-refractivity contribution in [3.8, 4) is 0 Å². The molecule has 0 unspecified atom stereocenters. The normalized spacial score (nSPS) is 11.2. The molecule has 0 saturated carbocycles. The highest BCUT2D eigenvalue weighted by molar-refractivity contribution is 5.03. The van der Waals surface area contributed by atoms with E-state index in [1.807, 2.05) is 0 Å². The van der Waals surface area contributed by atoms with Gasteiger partial charge in [-0.15, -0.1) is 10.2 Å². The first-order valence-electron chi connectivity index (χ1n) is 10.9. The smallest absolute Gasteiger partial charge is 0.169 e. The van der Waals surface area contributed by atoms with Crippen LogP contribution in [0, 0.1) is 17.2 Å². The van der Waals surface area contributed by atoms with Crippen LogP contribution in [0.25, 0.3) is 0 Å². The SMILES string of the molecule is CCCCCCCCCCCCCCCC[n+]1ccc(C)cc1.[O-][Cl+3]([O-])([O-])[O-]. The van der Waals surface area contributed by atoms with Crippen LogP contribution in [0.15, 0.2) is 24.5 Å². The van der Waals surface area contributed by atoms with Crippen LogP contribution in [-0.2, 0) is 6.54 Å². The van der Waals surface area contributed by atoms with Crippen LogP contribution in [0.5, 0.6) is 0 Å². The second kappa shape index (κ2) is 18.3. The minimum absolute atomic E-state index is 1.18. The van der Waals surface area contributed by atoms with Crippen molar-refractivity contribution in [2.75, 3.05) is 0 Å². The maximum Gasteiger partial charge on any atom is 0.169 e. The molecular weight excluding hydrogens is 378 g/mol. The Hall–Kier alpha value is -0.720. The Morgan fingerprint density at radius 2 is 0.964 bits per heavy atom. The summed E-state index contributed by atoms with van der Waals surface area (Å²) in [5.74, 6) is 0. The summed E-state index contributed by atoms with van der Waals surface area (Å²) in [6.07, 6.45) is 24.5. The molecule has 1 aromatic rings. The first-order chi connectivity index (χ1) is 13.3. The highest BCUT2D eigenvalue weighted by Crippen LogP contribution is 2.12. The number of aryl methyl sites for hydroxylation is 2. The summed E-state index contributed by atoms with van der Waals surface area (Å²) in [6, 6.07) is 4.40. The third-order valence-corrected chi connectivity index (χ3v) is 4.83. The zero-order valence-corrected chi connectivity index (χ0v) is 18.6. The van der Waals surface area contributed by atoms with Gasteiger partial charge in [0, 0.05) is 18.6 Å². The molecule has 0 aliphatic carbocycles. The van der Waals surface area contributed by atoms with Gasteiger partial charge in [0.15, 0.2) is 12.4 Å². The number of unbranched alkanes of at least 4 members (excludes halogenated alkanes) is 13. The number of pyridine rings is 1. The number of halogens is 1. The standard InChI is InChI=1S/C22H40N.ClHO4/c1-3-4-5-6-7-8-9-10-11-12-13-14-15-16-19-23-20-17-22(2)18-21-23;2-1(3,4)5/h17-18,20-21H,3-16,19H2,1-2H3;(H,2,3,4,5)/q+1;/p-1. The van der Waals surface area contributed by atoms with Gasteiger partial charge in [0.1, 0.15) is 6.54 Å². The van der Waals surface area contributed by atoms with Crippen molar-refractivity contribution in [1.29, 1.82) is 0 Å². The Balaban J connectivity index is 0.00000129. The summed E-state index contributed by atoms with van der Waals surface area (Å²) in [6.45, 7) is 5.62. The predicted molar refractivity (Wildman–Crippen MR) is 102 cm³/mol. The molecule has 6 heteroatoms. The van der Waals surface area contributed by atoms with E-state index in [1.54, 1.807) is 0 Å². The second-order valence-electron chi connectivity index (χ2n) is 7.59. The first-order valence-corrected chi connectivity index (χ1v) is 12.1. The van der Waals surface area contributed by atoms with E-state index in [0.717, 1.165) is 0 Å². The fraction of sp³-hybridized carbons (Fsp3) is 0.773. The van der Waals surface area contributed by atoms with E-state index in [-0.39, 0.29) is 0 Å². The zero-order chi connectivity index (χ0) is 21.1. The summed E-state index contributed by atoms with van der Waals surface area (Å²) in [5, 5.41) is 0. The fourth-order valence-corrected chi connectivity index (χ4v) is 3.17.